The van der Waals surface area contributed by atoms with Gasteiger partial charge in [-0.15, -0.1) is 0 Å². The highest BCUT2D eigenvalue weighted by Gasteiger charge is 2.38. The molecule has 2 aromatic rings. The van der Waals surface area contributed by atoms with Crippen LogP contribution in [0.15, 0.2) is 52.3 Å². The normalized spacial score (nSPS) is 22.9. The predicted molar refractivity (Wildman–Crippen MR) is 107 cm³/mol. The van der Waals surface area contributed by atoms with Crippen LogP contribution in [0.1, 0.15) is 24.3 Å². The molecule has 6 heteroatoms. The van der Waals surface area contributed by atoms with Crippen LogP contribution >= 0.6 is 0 Å². The molecular formula is C21H26N2O3S. The van der Waals surface area contributed by atoms with Crippen molar-refractivity contribution in [2.75, 3.05) is 39.2 Å². The van der Waals surface area contributed by atoms with Crippen LogP contribution in [0.2, 0.25) is 0 Å². The molecule has 0 saturated carbocycles. The number of fused-ring (bicyclic) bond motifs is 3. The van der Waals surface area contributed by atoms with E-state index in [2.05, 4.69) is 23.9 Å². The lowest BCUT2D eigenvalue weighted by atomic mass is 9.91. The molecule has 0 spiro atoms. The van der Waals surface area contributed by atoms with Crippen LogP contribution < -0.4 is 9.64 Å². The van der Waals surface area contributed by atoms with Crippen LogP contribution in [0.5, 0.6) is 5.75 Å². The van der Waals surface area contributed by atoms with Crippen LogP contribution in [0.4, 0.5) is 5.69 Å². The van der Waals surface area contributed by atoms with Gasteiger partial charge in [0.15, 0.2) is 0 Å². The number of benzene rings is 2. The fraction of sp³-hybridized carbons (Fsp3) is 0.429. The number of likely N-dealkylation sites (N-methyl/N-ethyl adjacent to an activating group) is 1. The Hall–Kier alpha value is -2.05. The molecule has 1 unspecified atom stereocenters. The zero-order valence-corrected chi connectivity index (χ0v) is 16.9. The van der Waals surface area contributed by atoms with E-state index in [-0.39, 0.29) is 0 Å². The molecule has 0 bridgehead atoms. The average molecular weight is 387 g/mol. The standard InChI is InChI=1S/C21H26N2O3S/c1-22-12-10-18-19-14-17(8-9-20(19)23(2)21(18)11-13-22)27(24,25)16-6-4-15(26-3)5-7-16/h4-9,14,18,21H,10-13H2,1-3H3/t18-,21?/m1/s1. The van der Waals surface area contributed by atoms with Crippen molar-refractivity contribution in [2.24, 2.45) is 0 Å². The van der Waals surface area contributed by atoms with Gasteiger partial charge in [-0.1, -0.05) is 0 Å². The van der Waals surface area contributed by atoms with E-state index in [0.717, 1.165) is 25.9 Å². The quantitative estimate of drug-likeness (QED) is 0.811. The molecule has 2 aliphatic rings. The molecule has 2 aliphatic heterocycles. The smallest absolute Gasteiger partial charge is 0.206 e. The fourth-order valence-corrected chi connectivity index (χ4v) is 5.73. The molecule has 2 heterocycles. The van der Waals surface area contributed by atoms with E-state index in [1.807, 2.05) is 12.1 Å². The van der Waals surface area contributed by atoms with Crippen LogP contribution in [0.25, 0.3) is 0 Å². The van der Waals surface area contributed by atoms with Crippen molar-refractivity contribution in [1.29, 1.82) is 0 Å². The molecule has 0 amide bonds. The van der Waals surface area contributed by atoms with Gasteiger partial charge >= 0.3 is 0 Å². The number of nitrogens with zero attached hydrogens (tertiary/aromatic N) is 2. The van der Waals surface area contributed by atoms with Gasteiger partial charge in [-0.05, 0) is 81.0 Å². The monoisotopic (exact) mass is 386 g/mol. The van der Waals surface area contributed by atoms with Crippen LogP contribution in [0, 0.1) is 0 Å². The second-order valence-electron chi connectivity index (χ2n) is 7.56. The second-order valence-corrected chi connectivity index (χ2v) is 9.51. The summed E-state index contributed by atoms with van der Waals surface area (Å²) in [5.74, 6) is 1.04. The van der Waals surface area contributed by atoms with Crippen molar-refractivity contribution in [2.45, 2.75) is 34.6 Å². The number of hydrogen-bond acceptors (Lipinski definition) is 5. The first-order valence-electron chi connectivity index (χ1n) is 9.36. The van der Waals surface area contributed by atoms with Gasteiger partial charge in [0.2, 0.25) is 9.84 Å². The number of anilines is 1. The van der Waals surface area contributed by atoms with Gasteiger partial charge in [0.25, 0.3) is 0 Å². The first-order chi connectivity index (χ1) is 12.9. The summed E-state index contributed by atoms with van der Waals surface area (Å²) in [4.78, 5) is 5.37. The lowest BCUT2D eigenvalue weighted by Gasteiger charge is -2.25. The van der Waals surface area contributed by atoms with E-state index in [4.69, 9.17) is 4.74 Å². The van der Waals surface area contributed by atoms with E-state index >= 15 is 0 Å². The van der Waals surface area contributed by atoms with Gasteiger partial charge < -0.3 is 14.5 Å². The van der Waals surface area contributed by atoms with Gasteiger partial charge in [-0.3, -0.25) is 0 Å². The molecule has 0 radical (unpaired) electrons. The summed E-state index contributed by atoms with van der Waals surface area (Å²) in [6.45, 7) is 2.13. The van der Waals surface area contributed by atoms with Crippen molar-refractivity contribution in [3.63, 3.8) is 0 Å². The Labute approximate surface area is 161 Å². The van der Waals surface area contributed by atoms with Crippen LogP contribution in [-0.2, 0) is 9.84 Å². The van der Waals surface area contributed by atoms with E-state index in [9.17, 15) is 8.42 Å². The van der Waals surface area contributed by atoms with Gasteiger partial charge in [0.05, 0.1) is 16.9 Å². The van der Waals surface area contributed by atoms with E-state index in [1.165, 1.54) is 11.3 Å². The molecule has 0 aromatic heterocycles. The van der Waals surface area contributed by atoms with E-state index in [0.29, 0.717) is 27.5 Å². The second kappa shape index (κ2) is 6.84. The Balaban J connectivity index is 1.72. The number of methoxy groups -OCH3 is 1. The molecule has 4 rings (SSSR count). The third-order valence-electron chi connectivity index (χ3n) is 6.05. The Morgan fingerprint density at radius 1 is 0.963 bits per heavy atom. The Kier molecular flexibility index (Phi) is 4.64. The maximum absolute atomic E-state index is 13.1. The largest absolute Gasteiger partial charge is 0.497 e. The fourth-order valence-electron chi connectivity index (χ4n) is 4.43. The average Bonchev–Trinajstić information content (AvgIpc) is 2.81. The molecule has 0 N–H and O–H groups in total. The van der Waals surface area contributed by atoms with Crippen molar-refractivity contribution in [3.05, 3.63) is 48.0 Å². The molecule has 5 nitrogen and oxygen atoms in total. The molecule has 144 valence electrons. The highest BCUT2D eigenvalue weighted by molar-refractivity contribution is 7.91. The van der Waals surface area contributed by atoms with E-state index < -0.39 is 9.84 Å². The SMILES string of the molecule is COc1ccc(S(=O)(=O)c2ccc3c(c2)[C@H]2CCN(C)CCC2N3C)cc1. The summed E-state index contributed by atoms with van der Waals surface area (Å²) < 4.78 is 31.4. The summed E-state index contributed by atoms with van der Waals surface area (Å²) >= 11 is 0. The lowest BCUT2D eigenvalue weighted by Crippen LogP contribution is -2.31. The summed E-state index contributed by atoms with van der Waals surface area (Å²) in [6, 6.07) is 12.7. The predicted octanol–water partition coefficient (Wildman–Crippen LogP) is 3.16. The number of ether oxygens (including phenoxy) is 1. The number of likely N-dealkylation sites (tertiary alicyclic amines) is 1. The third kappa shape index (κ3) is 3.11. The maximum Gasteiger partial charge on any atom is 0.206 e. The first kappa shape index (κ1) is 18.3. The zero-order valence-electron chi connectivity index (χ0n) is 16.1. The molecule has 1 saturated heterocycles. The Morgan fingerprint density at radius 2 is 1.63 bits per heavy atom. The maximum atomic E-state index is 13.1. The van der Waals surface area contributed by atoms with Crippen molar-refractivity contribution < 1.29 is 13.2 Å². The Morgan fingerprint density at radius 3 is 2.33 bits per heavy atom. The molecule has 2 aromatic carbocycles. The van der Waals surface area contributed by atoms with Crippen LogP contribution in [0.3, 0.4) is 0 Å². The van der Waals surface area contributed by atoms with Crippen molar-refractivity contribution in [1.82, 2.24) is 4.90 Å². The highest BCUT2D eigenvalue weighted by Crippen LogP contribution is 2.45. The van der Waals surface area contributed by atoms with Gasteiger partial charge in [0.1, 0.15) is 5.75 Å². The third-order valence-corrected chi connectivity index (χ3v) is 7.82. The molecule has 1 fully saturated rings. The molecular weight excluding hydrogens is 360 g/mol. The lowest BCUT2D eigenvalue weighted by molar-refractivity contribution is 0.345. The number of hydrogen-bond donors (Lipinski definition) is 0. The molecule has 27 heavy (non-hydrogen) atoms. The van der Waals surface area contributed by atoms with Gasteiger partial charge in [-0.25, -0.2) is 8.42 Å². The summed E-state index contributed by atoms with van der Waals surface area (Å²) in [6.07, 6.45) is 2.16. The topological polar surface area (TPSA) is 49.9 Å². The summed E-state index contributed by atoms with van der Waals surface area (Å²) in [7, 11) is 2.32. The first-order valence-corrected chi connectivity index (χ1v) is 10.8. The van der Waals surface area contributed by atoms with Crippen LogP contribution in [-0.4, -0.2) is 53.7 Å². The van der Waals surface area contributed by atoms with Gasteiger partial charge in [-0.2, -0.15) is 0 Å². The molecule has 0 aliphatic carbocycles. The Bertz CT molecular complexity index is 940. The summed E-state index contributed by atoms with van der Waals surface area (Å²) in [5, 5.41) is 0. The minimum atomic E-state index is -3.55. The zero-order chi connectivity index (χ0) is 19.2. The number of sulfone groups is 1. The van der Waals surface area contributed by atoms with Crippen molar-refractivity contribution in [3.8, 4) is 5.75 Å². The minimum absolute atomic E-state index is 0.298. The van der Waals surface area contributed by atoms with Gasteiger partial charge in [0, 0.05) is 24.7 Å². The van der Waals surface area contributed by atoms with E-state index in [1.54, 1.807) is 37.4 Å². The minimum Gasteiger partial charge on any atom is -0.497 e. The summed E-state index contributed by atoms with van der Waals surface area (Å²) in [5.41, 5.74) is 2.34. The number of rotatable bonds is 3. The molecule has 2 atom stereocenters. The highest BCUT2D eigenvalue weighted by atomic mass is 32.2. The van der Waals surface area contributed by atoms with Crippen molar-refractivity contribution >= 4 is 15.5 Å².